The Balaban J connectivity index is 1.49. The number of ether oxygens (including phenoxy) is 1. The summed E-state index contributed by atoms with van der Waals surface area (Å²) in [5.41, 5.74) is 1.05. The van der Waals surface area contributed by atoms with E-state index in [1.807, 2.05) is 66.4 Å². The lowest BCUT2D eigenvalue weighted by Crippen LogP contribution is -2.34. The molecule has 1 aliphatic heterocycles. The number of anilines is 1. The minimum Gasteiger partial charge on any atom is -0.481 e. The van der Waals surface area contributed by atoms with E-state index in [1.54, 1.807) is 12.1 Å². The molecular weight excluding hydrogens is 376 g/mol. The smallest absolute Gasteiger partial charge is 0.265 e. The average molecular weight is 402 g/mol. The lowest BCUT2D eigenvalue weighted by Gasteiger charge is -2.20. The number of amides is 2. The predicted molar refractivity (Wildman–Crippen MR) is 119 cm³/mol. The van der Waals surface area contributed by atoms with E-state index in [1.165, 1.54) is 0 Å². The van der Waals surface area contributed by atoms with Gasteiger partial charge in [-0.3, -0.25) is 9.59 Å². The fourth-order valence-corrected chi connectivity index (χ4v) is 3.81. The van der Waals surface area contributed by atoms with Crippen molar-refractivity contribution in [3.63, 3.8) is 0 Å². The molecule has 0 aliphatic carbocycles. The molecule has 0 saturated carbocycles. The first-order valence-corrected chi connectivity index (χ1v) is 10.5. The van der Waals surface area contributed by atoms with Gasteiger partial charge in [-0.25, -0.2) is 0 Å². The molecule has 4 rings (SSSR count). The Hall–Kier alpha value is -3.34. The summed E-state index contributed by atoms with van der Waals surface area (Å²) in [4.78, 5) is 27.6. The fourth-order valence-electron chi connectivity index (χ4n) is 3.81. The summed E-state index contributed by atoms with van der Waals surface area (Å²) < 4.78 is 6.00. The van der Waals surface area contributed by atoms with Crippen LogP contribution in [-0.4, -0.2) is 35.9 Å². The number of rotatable bonds is 6. The Labute approximate surface area is 176 Å². The molecule has 154 valence electrons. The third-order valence-corrected chi connectivity index (χ3v) is 5.47. The summed E-state index contributed by atoms with van der Waals surface area (Å²) in [5.74, 6) is 0.358. The summed E-state index contributed by atoms with van der Waals surface area (Å²) in [7, 11) is 0. The number of fused-ring (bicyclic) bond motifs is 1. The molecule has 1 N–H and O–H groups in total. The third-order valence-electron chi connectivity index (χ3n) is 5.47. The van der Waals surface area contributed by atoms with E-state index >= 15 is 0 Å². The SMILES string of the molecule is CCC(Oc1ccc2ccccc2c1)C(=O)Nc1ccccc1C(=O)N1CCCC1. The molecule has 1 saturated heterocycles. The van der Waals surface area contributed by atoms with Gasteiger partial charge in [-0.2, -0.15) is 0 Å². The van der Waals surface area contributed by atoms with Gasteiger partial charge in [-0.1, -0.05) is 49.4 Å². The predicted octanol–water partition coefficient (Wildman–Crippen LogP) is 4.87. The van der Waals surface area contributed by atoms with Gasteiger partial charge in [0.15, 0.2) is 6.10 Å². The molecule has 0 radical (unpaired) electrons. The second-order valence-electron chi connectivity index (χ2n) is 7.56. The van der Waals surface area contributed by atoms with Gasteiger partial charge in [0.2, 0.25) is 0 Å². The number of benzene rings is 3. The Kier molecular flexibility index (Phi) is 5.98. The summed E-state index contributed by atoms with van der Waals surface area (Å²) in [6.07, 6.45) is 1.91. The van der Waals surface area contributed by atoms with E-state index in [-0.39, 0.29) is 11.8 Å². The number of carbonyl (C=O) groups excluding carboxylic acids is 2. The molecule has 30 heavy (non-hydrogen) atoms. The number of hydrogen-bond acceptors (Lipinski definition) is 3. The monoisotopic (exact) mass is 402 g/mol. The van der Waals surface area contributed by atoms with Crippen molar-refractivity contribution in [1.82, 2.24) is 4.90 Å². The minimum absolute atomic E-state index is 0.0353. The first kappa shape index (κ1) is 20.0. The fraction of sp³-hybridized carbons (Fsp3) is 0.280. The third kappa shape index (κ3) is 4.30. The zero-order valence-electron chi connectivity index (χ0n) is 17.1. The van der Waals surface area contributed by atoms with Crippen LogP contribution < -0.4 is 10.1 Å². The maximum Gasteiger partial charge on any atom is 0.265 e. The van der Waals surface area contributed by atoms with Crippen molar-refractivity contribution in [2.24, 2.45) is 0 Å². The molecule has 1 unspecified atom stereocenters. The van der Waals surface area contributed by atoms with Gasteiger partial charge >= 0.3 is 0 Å². The quantitative estimate of drug-likeness (QED) is 0.640. The topological polar surface area (TPSA) is 58.6 Å². The summed E-state index contributed by atoms with van der Waals surface area (Å²) >= 11 is 0. The van der Waals surface area contributed by atoms with Crippen molar-refractivity contribution in [3.8, 4) is 5.75 Å². The van der Waals surface area contributed by atoms with E-state index in [4.69, 9.17) is 4.74 Å². The molecule has 1 atom stereocenters. The van der Waals surface area contributed by atoms with Gasteiger partial charge in [-0.05, 0) is 54.3 Å². The highest BCUT2D eigenvalue weighted by molar-refractivity contribution is 6.04. The summed E-state index contributed by atoms with van der Waals surface area (Å²) in [5, 5.41) is 5.10. The Morgan fingerprint density at radius 3 is 2.43 bits per heavy atom. The number of likely N-dealkylation sites (tertiary alicyclic amines) is 1. The molecular formula is C25H26N2O3. The Bertz CT molecular complexity index is 1060. The molecule has 3 aromatic carbocycles. The van der Waals surface area contributed by atoms with Crippen LogP contribution in [0.4, 0.5) is 5.69 Å². The lowest BCUT2D eigenvalue weighted by atomic mass is 10.1. The number of nitrogens with zero attached hydrogens (tertiary/aromatic N) is 1. The zero-order valence-corrected chi connectivity index (χ0v) is 17.1. The molecule has 0 aromatic heterocycles. The van der Waals surface area contributed by atoms with Crippen molar-refractivity contribution in [2.45, 2.75) is 32.3 Å². The highest BCUT2D eigenvalue weighted by atomic mass is 16.5. The van der Waals surface area contributed by atoms with E-state index in [9.17, 15) is 9.59 Å². The number of hydrogen-bond donors (Lipinski definition) is 1. The van der Waals surface area contributed by atoms with Gasteiger partial charge in [0.05, 0.1) is 11.3 Å². The lowest BCUT2D eigenvalue weighted by molar-refractivity contribution is -0.122. The number of nitrogens with one attached hydrogen (secondary N) is 1. The molecule has 1 heterocycles. The maximum absolute atomic E-state index is 12.9. The van der Waals surface area contributed by atoms with Crippen LogP contribution >= 0.6 is 0 Å². The van der Waals surface area contributed by atoms with E-state index in [0.717, 1.165) is 36.7 Å². The first-order chi connectivity index (χ1) is 14.7. The van der Waals surface area contributed by atoms with Crippen LogP contribution in [0.15, 0.2) is 66.7 Å². The van der Waals surface area contributed by atoms with Crippen LogP contribution in [-0.2, 0) is 4.79 Å². The van der Waals surface area contributed by atoms with Gasteiger partial charge in [0.25, 0.3) is 11.8 Å². The molecule has 5 nitrogen and oxygen atoms in total. The second-order valence-corrected chi connectivity index (χ2v) is 7.56. The normalized spacial score (nSPS) is 14.5. The van der Waals surface area contributed by atoms with Crippen LogP contribution in [0, 0.1) is 0 Å². The summed E-state index contributed by atoms with van der Waals surface area (Å²) in [6, 6.07) is 21.0. The molecule has 5 heteroatoms. The van der Waals surface area contributed by atoms with Gasteiger partial charge in [0.1, 0.15) is 5.75 Å². The van der Waals surface area contributed by atoms with Crippen LogP contribution in [0.3, 0.4) is 0 Å². The van der Waals surface area contributed by atoms with E-state index < -0.39 is 6.10 Å². The standard InChI is InChI=1S/C25H26N2O3/c1-2-23(30-20-14-13-18-9-3-4-10-19(18)17-20)24(28)26-22-12-6-5-11-21(22)25(29)27-15-7-8-16-27/h3-6,9-14,17,23H,2,7-8,15-16H2,1H3,(H,26,28). The van der Waals surface area contributed by atoms with Crippen LogP contribution in [0.5, 0.6) is 5.75 Å². The van der Waals surface area contributed by atoms with E-state index in [0.29, 0.717) is 23.4 Å². The van der Waals surface area contributed by atoms with Crippen LogP contribution in [0.25, 0.3) is 10.8 Å². The van der Waals surface area contributed by atoms with Crippen molar-refractivity contribution in [1.29, 1.82) is 0 Å². The van der Waals surface area contributed by atoms with Crippen molar-refractivity contribution in [3.05, 3.63) is 72.3 Å². The summed E-state index contributed by atoms with van der Waals surface area (Å²) in [6.45, 7) is 3.44. The number of para-hydroxylation sites is 1. The second kappa shape index (κ2) is 8.99. The zero-order chi connectivity index (χ0) is 20.9. The van der Waals surface area contributed by atoms with Crippen molar-refractivity contribution in [2.75, 3.05) is 18.4 Å². The highest BCUT2D eigenvalue weighted by Gasteiger charge is 2.24. The molecule has 0 bridgehead atoms. The highest BCUT2D eigenvalue weighted by Crippen LogP contribution is 2.24. The van der Waals surface area contributed by atoms with Crippen molar-refractivity contribution < 1.29 is 14.3 Å². The van der Waals surface area contributed by atoms with Crippen LogP contribution in [0.2, 0.25) is 0 Å². The maximum atomic E-state index is 12.9. The largest absolute Gasteiger partial charge is 0.481 e. The van der Waals surface area contributed by atoms with Crippen molar-refractivity contribution >= 4 is 28.3 Å². The minimum atomic E-state index is -0.652. The van der Waals surface area contributed by atoms with Gasteiger partial charge in [0, 0.05) is 13.1 Å². The van der Waals surface area contributed by atoms with Gasteiger partial charge in [-0.15, -0.1) is 0 Å². The Morgan fingerprint density at radius 1 is 0.967 bits per heavy atom. The van der Waals surface area contributed by atoms with Gasteiger partial charge < -0.3 is 15.0 Å². The Morgan fingerprint density at radius 2 is 1.67 bits per heavy atom. The average Bonchev–Trinajstić information content (AvgIpc) is 3.32. The van der Waals surface area contributed by atoms with E-state index in [2.05, 4.69) is 5.32 Å². The number of carbonyl (C=O) groups is 2. The molecule has 0 spiro atoms. The molecule has 2 amide bonds. The first-order valence-electron chi connectivity index (χ1n) is 10.5. The molecule has 3 aromatic rings. The van der Waals surface area contributed by atoms with Crippen LogP contribution in [0.1, 0.15) is 36.5 Å². The molecule has 1 fully saturated rings. The molecule has 1 aliphatic rings.